The molecular formula is C16H21N3O3. The number of hydrogen-bond donors (Lipinski definition) is 0. The predicted octanol–water partition coefficient (Wildman–Crippen LogP) is 2.27. The molecule has 1 aliphatic rings. The highest BCUT2D eigenvalue weighted by atomic mass is 16.5. The monoisotopic (exact) mass is 303 g/mol. The Bertz CT molecular complexity index is 641. The summed E-state index contributed by atoms with van der Waals surface area (Å²) < 4.78 is 16.6. The number of ether oxygens (including phenoxy) is 2. The van der Waals surface area contributed by atoms with E-state index < -0.39 is 0 Å². The normalized spacial score (nSPS) is 19.3. The Morgan fingerprint density at radius 3 is 2.91 bits per heavy atom. The maximum absolute atomic E-state index is 5.75. The smallest absolute Gasteiger partial charge is 0.246 e. The molecule has 1 unspecified atom stereocenters. The van der Waals surface area contributed by atoms with Gasteiger partial charge in [-0.05, 0) is 24.1 Å². The fraction of sp³-hybridized carbons (Fsp3) is 0.500. The number of rotatable bonds is 4. The highest BCUT2D eigenvalue weighted by Crippen LogP contribution is 2.24. The van der Waals surface area contributed by atoms with Crippen molar-refractivity contribution >= 4 is 0 Å². The van der Waals surface area contributed by atoms with E-state index in [0.29, 0.717) is 18.4 Å². The summed E-state index contributed by atoms with van der Waals surface area (Å²) in [6, 6.07) is 6.32. The molecule has 22 heavy (non-hydrogen) atoms. The third kappa shape index (κ3) is 3.28. The van der Waals surface area contributed by atoms with Gasteiger partial charge in [0.2, 0.25) is 11.8 Å². The van der Waals surface area contributed by atoms with E-state index >= 15 is 0 Å². The van der Waals surface area contributed by atoms with Crippen molar-refractivity contribution in [1.82, 2.24) is 15.1 Å². The first-order valence-electron chi connectivity index (χ1n) is 7.43. The topological polar surface area (TPSA) is 60.6 Å². The van der Waals surface area contributed by atoms with Crippen molar-refractivity contribution in [2.75, 3.05) is 26.8 Å². The van der Waals surface area contributed by atoms with Crippen LogP contribution in [-0.4, -0.2) is 41.9 Å². The molecule has 0 saturated carbocycles. The van der Waals surface area contributed by atoms with Gasteiger partial charge in [-0.25, -0.2) is 0 Å². The summed E-state index contributed by atoms with van der Waals surface area (Å²) in [5, 5.41) is 7.93. The molecule has 6 heteroatoms. The van der Waals surface area contributed by atoms with Crippen LogP contribution in [0.5, 0.6) is 5.75 Å². The lowest BCUT2D eigenvalue weighted by Gasteiger charge is -2.31. The second-order valence-corrected chi connectivity index (χ2v) is 5.56. The van der Waals surface area contributed by atoms with Gasteiger partial charge in [0, 0.05) is 26.6 Å². The number of hydrogen-bond acceptors (Lipinski definition) is 6. The lowest BCUT2D eigenvalue weighted by atomic mass is 10.1. The van der Waals surface area contributed by atoms with E-state index in [-0.39, 0.29) is 6.10 Å². The lowest BCUT2D eigenvalue weighted by molar-refractivity contribution is -0.0457. The molecule has 118 valence electrons. The molecule has 0 N–H and O–H groups in total. The number of morpholine rings is 1. The van der Waals surface area contributed by atoms with Crippen molar-refractivity contribution in [3.63, 3.8) is 0 Å². The van der Waals surface area contributed by atoms with Gasteiger partial charge < -0.3 is 13.9 Å². The third-order valence-electron chi connectivity index (χ3n) is 3.85. The highest BCUT2D eigenvalue weighted by molar-refractivity contribution is 5.36. The van der Waals surface area contributed by atoms with Crippen molar-refractivity contribution in [2.24, 2.45) is 0 Å². The van der Waals surface area contributed by atoms with E-state index in [0.717, 1.165) is 30.9 Å². The Morgan fingerprint density at radius 2 is 2.18 bits per heavy atom. The van der Waals surface area contributed by atoms with Crippen LogP contribution in [0, 0.1) is 13.8 Å². The van der Waals surface area contributed by atoms with E-state index in [9.17, 15) is 0 Å². The van der Waals surface area contributed by atoms with Gasteiger partial charge in [-0.3, -0.25) is 4.90 Å². The van der Waals surface area contributed by atoms with Crippen LogP contribution in [0.15, 0.2) is 22.6 Å². The zero-order chi connectivity index (χ0) is 15.5. The molecule has 0 bridgehead atoms. The van der Waals surface area contributed by atoms with Crippen LogP contribution in [0.4, 0.5) is 0 Å². The Kier molecular flexibility index (Phi) is 4.40. The summed E-state index contributed by atoms with van der Waals surface area (Å²) in [6.45, 7) is 6.98. The second kappa shape index (κ2) is 6.46. The molecular weight excluding hydrogens is 282 g/mol. The minimum atomic E-state index is -0.151. The van der Waals surface area contributed by atoms with Gasteiger partial charge in [0.15, 0.2) is 0 Å². The molecule has 0 aliphatic carbocycles. The Balaban J connectivity index is 1.67. The van der Waals surface area contributed by atoms with Gasteiger partial charge in [0.1, 0.15) is 11.9 Å². The van der Waals surface area contributed by atoms with Gasteiger partial charge in [0.25, 0.3) is 0 Å². The quantitative estimate of drug-likeness (QED) is 0.863. The first kappa shape index (κ1) is 15.0. The summed E-state index contributed by atoms with van der Waals surface area (Å²) >= 11 is 0. The highest BCUT2D eigenvalue weighted by Gasteiger charge is 2.26. The number of benzene rings is 1. The SMILES string of the molecule is COc1cc(CN2CCOC(c3nnc(C)o3)C2)ccc1C. The average molecular weight is 303 g/mol. The van der Waals surface area contributed by atoms with Crippen molar-refractivity contribution < 1.29 is 13.9 Å². The third-order valence-corrected chi connectivity index (χ3v) is 3.85. The van der Waals surface area contributed by atoms with Crippen molar-refractivity contribution in [3.8, 4) is 5.75 Å². The fourth-order valence-corrected chi connectivity index (χ4v) is 2.66. The maximum Gasteiger partial charge on any atom is 0.246 e. The van der Waals surface area contributed by atoms with Crippen LogP contribution in [0.25, 0.3) is 0 Å². The number of nitrogens with zero attached hydrogens (tertiary/aromatic N) is 3. The van der Waals surface area contributed by atoms with Gasteiger partial charge in [-0.15, -0.1) is 10.2 Å². The molecule has 1 fully saturated rings. The van der Waals surface area contributed by atoms with Gasteiger partial charge in [-0.2, -0.15) is 0 Å². The molecule has 0 spiro atoms. The van der Waals surface area contributed by atoms with E-state index in [1.807, 2.05) is 6.92 Å². The Hall–Kier alpha value is -1.92. The summed E-state index contributed by atoms with van der Waals surface area (Å²) in [5.41, 5.74) is 2.37. The van der Waals surface area contributed by atoms with Crippen LogP contribution in [0.2, 0.25) is 0 Å². The zero-order valence-electron chi connectivity index (χ0n) is 13.2. The van der Waals surface area contributed by atoms with Crippen LogP contribution in [0.3, 0.4) is 0 Å². The lowest BCUT2D eigenvalue weighted by Crippen LogP contribution is -2.37. The van der Waals surface area contributed by atoms with Crippen molar-refractivity contribution in [2.45, 2.75) is 26.5 Å². The van der Waals surface area contributed by atoms with E-state index in [2.05, 4.69) is 33.3 Å². The van der Waals surface area contributed by atoms with Gasteiger partial charge in [0.05, 0.1) is 13.7 Å². The number of aryl methyl sites for hydroxylation is 2. The maximum atomic E-state index is 5.75. The summed E-state index contributed by atoms with van der Waals surface area (Å²) in [4.78, 5) is 2.33. The Labute approximate surface area is 130 Å². The van der Waals surface area contributed by atoms with E-state index in [1.165, 1.54) is 5.56 Å². The van der Waals surface area contributed by atoms with Crippen molar-refractivity contribution in [1.29, 1.82) is 0 Å². The molecule has 2 aromatic rings. The zero-order valence-corrected chi connectivity index (χ0v) is 13.2. The number of aromatic nitrogens is 2. The molecule has 0 amide bonds. The molecule has 2 heterocycles. The summed E-state index contributed by atoms with van der Waals surface area (Å²) in [7, 11) is 1.70. The molecule has 1 atom stereocenters. The van der Waals surface area contributed by atoms with Crippen LogP contribution >= 0.6 is 0 Å². The minimum Gasteiger partial charge on any atom is -0.496 e. The first-order valence-corrected chi connectivity index (χ1v) is 7.43. The standard InChI is InChI=1S/C16H21N3O3/c1-11-4-5-13(8-14(11)20-3)9-19-6-7-21-15(10-19)16-18-17-12(2)22-16/h4-5,8,15H,6-7,9-10H2,1-3H3. The molecule has 6 nitrogen and oxygen atoms in total. The van der Waals surface area contributed by atoms with Gasteiger partial charge >= 0.3 is 0 Å². The summed E-state index contributed by atoms with van der Waals surface area (Å²) in [5.74, 6) is 2.05. The largest absolute Gasteiger partial charge is 0.496 e. The molecule has 1 saturated heterocycles. The molecule has 1 aromatic heterocycles. The minimum absolute atomic E-state index is 0.151. The van der Waals surface area contributed by atoms with Crippen molar-refractivity contribution in [3.05, 3.63) is 41.1 Å². The molecule has 0 radical (unpaired) electrons. The Morgan fingerprint density at radius 1 is 1.32 bits per heavy atom. The summed E-state index contributed by atoms with van der Waals surface area (Å²) in [6.07, 6.45) is -0.151. The van der Waals surface area contributed by atoms with E-state index in [1.54, 1.807) is 14.0 Å². The van der Waals surface area contributed by atoms with Gasteiger partial charge in [-0.1, -0.05) is 12.1 Å². The molecule has 1 aliphatic heterocycles. The van der Waals surface area contributed by atoms with Crippen LogP contribution < -0.4 is 4.74 Å². The molecule has 1 aromatic carbocycles. The number of methoxy groups -OCH3 is 1. The van der Waals surface area contributed by atoms with Crippen LogP contribution in [-0.2, 0) is 11.3 Å². The van der Waals surface area contributed by atoms with Crippen LogP contribution in [0.1, 0.15) is 29.0 Å². The average Bonchev–Trinajstić information content (AvgIpc) is 2.96. The first-order chi connectivity index (χ1) is 10.7. The molecule has 3 rings (SSSR count). The second-order valence-electron chi connectivity index (χ2n) is 5.56. The van der Waals surface area contributed by atoms with E-state index in [4.69, 9.17) is 13.9 Å². The fourth-order valence-electron chi connectivity index (χ4n) is 2.66. The predicted molar refractivity (Wildman–Crippen MR) is 80.7 cm³/mol.